The van der Waals surface area contributed by atoms with E-state index in [1.165, 1.54) is 11.3 Å². The zero-order valence-electron chi connectivity index (χ0n) is 22.5. The summed E-state index contributed by atoms with van der Waals surface area (Å²) in [7, 11) is 1.58. The second-order valence-electron chi connectivity index (χ2n) is 9.43. The molecule has 0 amide bonds. The first-order valence-corrected chi connectivity index (χ1v) is 13.8. The predicted octanol–water partition coefficient (Wildman–Crippen LogP) is 4.62. The van der Waals surface area contributed by atoms with E-state index in [4.69, 9.17) is 19.2 Å². The highest BCUT2D eigenvalue weighted by molar-refractivity contribution is 7.07. The normalized spacial score (nSPS) is 15.3. The highest BCUT2D eigenvalue weighted by atomic mass is 32.1. The fourth-order valence-electron chi connectivity index (χ4n) is 4.38. The third kappa shape index (κ3) is 5.75. The summed E-state index contributed by atoms with van der Waals surface area (Å²) >= 11 is 1.31. The number of rotatable bonds is 10. The van der Waals surface area contributed by atoms with Crippen LogP contribution in [0.4, 0.5) is 0 Å². The minimum Gasteiger partial charge on any atom is -0.496 e. The Morgan fingerprint density at radius 3 is 2.53 bits per heavy atom. The molecule has 200 valence electrons. The zero-order chi connectivity index (χ0) is 27.2. The molecule has 0 radical (unpaired) electrons. The molecule has 1 aliphatic heterocycles. The number of methoxy groups -OCH3 is 1. The molecule has 1 atom stereocenters. The summed E-state index contributed by atoms with van der Waals surface area (Å²) in [5.74, 6) is 1.34. The first-order valence-electron chi connectivity index (χ1n) is 13.0. The van der Waals surface area contributed by atoms with Gasteiger partial charge in [0, 0.05) is 5.56 Å². The summed E-state index contributed by atoms with van der Waals surface area (Å²) in [6.07, 6.45) is 3.23. The molecule has 0 N–H and O–H groups in total. The van der Waals surface area contributed by atoms with Gasteiger partial charge in [-0.25, -0.2) is 9.79 Å². The largest absolute Gasteiger partial charge is 0.496 e. The molecule has 4 rings (SSSR count). The lowest BCUT2D eigenvalue weighted by molar-refractivity contribution is -0.139. The first kappa shape index (κ1) is 27.4. The summed E-state index contributed by atoms with van der Waals surface area (Å²) < 4.78 is 19.0. The van der Waals surface area contributed by atoms with Gasteiger partial charge in [0.05, 0.1) is 36.1 Å². The Kier molecular flexibility index (Phi) is 8.84. The van der Waals surface area contributed by atoms with E-state index >= 15 is 0 Å². The van der Waals surface area contributed by atoms with Crippen LogP contribution < -0.4 is 24.4 Å². The van der Waals surface area contributed by atoms with Crippen LogP contribution in [0.3, 0.4) is 0 Å². The van der Waals surface area contributed by atoms with Gasteiger partial charge in [-0.1, -0.05) is 68.9 Å². The van der Waals surface area contributed by atoms with E-state index in [-0.39, 0.29) is 12.2 Å². The highest BCUT2D eigenvalue weighted by Gasteiger charge is 2.35. The monoisotopic (exact) mass is 534 g/mol. The maximum atomic E-state index is 13.9. The van der Waals surface area contributed by atoms with Crippen molar-refractivity contribution in [2.75, 3.05) is 20.3 Å². The van der Waals surface area contributed by atoms with Crippen LogP contribution in [0, 0.1) is 5.92 Å². The number of esters is 1. The van der Waals surface area contributed by atoms with Crippen LogP contribution in [-0.4, -0.2) is 30.9 Å². The van der Waals surface area contributed by atoms with Crippen LogP contribution in [0.5, 0.6) is 11.5 Å². The third-order valence-electron chi connectivity index (χ3n) is 6.09. The SMILES string of the molecule is CCCC1=C(C(=O)OCC)[C@@H](c2ccccc2OC)n2c(s/c(=C/c3ccc(OCC(C)C)cc3)c2=O)=N1. The van der Waals surface area contributed by atoms with E-state index in [1.54, 1.807) is 18.6 Å². The van der Waals surface area contributed by atoms with Crippen molar-refractivity contribution in [3.8, 4) is 11.5 Å². The Morgan fingerprint density at radius 2 is 1.87 bits per heavy atom. The van der Waals surface area contributed by atoms with E-state index in [0.717, 1.165) is 17.7 Å². The molecular weight excluding hydrogens is 500 g/mol. The molecule has 0 aliphatic carbocycles. The Balaban J connectivity index is 1.88. The fourth-order valence-corrected chi connectivity index (χ4v) is 5.40. The first-order chi connectivity index (χ1) is 18.4. The van der Waals surface area contributed by atoms with E-state index in [0.29, 0.717) is 50.9 Å². The van der Waals surface area contributed by atoms with Gasteiger partial charge in [-0.2, -0.15) is 0 Å². The van der Waals surface area contributed by atoms with Crippen molar-refractivity contribution in [1.29, 1.82) is 0 Å². The Bertz CT molecular complexity index is 1500. The number of ether oxygens (including phenoxy) is 3. The van der Waals surface area contributed by atoms with Crippen molar-refractivity contribution in [1.82, 2.24) is 4.57 Å². The van der Waals surface area contributed by atoms with Crippen LogP contribution in [0.2, 0.25) is 0 Å². The summed E-state index contributed by atoms with van der Waals surface area (Å²) in [6.45, 7) is 8.88. The van der Waals surface area contributed by atoms with Crippen molar-refractivity contribution in [2.24, 2.45) is 10.9 Å². The topological polar surface area (TPSA) is 79.1 Å². The molecule has 8 heteroatoms. The maximum absolute atomic E-state index is 13.9. The zero-order valence-corrected chi connectivity index (χ0v) is 23.3. The quantitative estimate of drug-likeness (QED) is 0.355. The second kappa shape index (κ2) is 12.3. The number of benzene rings is 2. The second-order valence-corrected chi connectivity index (χ2v) is 10.4. The molecule has 1 aliphatic rings. The molecule has 7 nitrogen and oxygen atoms in total. The Labute approximate surface area is 226 Å². The van der Waals surface area contributed by atoms with E-state index in [1.807, 2.05) is 61.5 Å². The number of carbonyl (C=O) groups excluding carboxylic acids is 1. The molecule has 38 heavy (non-hydrogen) atoms. The minimum absolute atomic E-state index is 0.220. The van der Waals surface area contributed by atoms with E-state index < -0.39 is 12.0 Å². The molecule has 2 aromatic carbocycles. The van der Waals surface area contributed by atoms with Gasteiger partial charge in [0.25, 0.3) is 5.56 Å². The summed E-state index contributed by atoms with van der Waals surface area (Å²) in [5, 5.41) is 0. The Morgan fingerprint density at radius 1 is 1.13 bits per heavy atom. The van der Waals surface area contributed by atoms with Gasteiger partial charge >= 0.3 is 5.97 Å². The average molecular weight is 535 g/mol. The Hall–Kier alpha value is -3.65. The van der Waals surface area contributed by atoms with Crippen molar-refractivity contribution in [2.45, 2.75) is 46.6 Å². The number of thiazole rings is 1. The van der Waals surface area contributed by atoms with Gasteiger partial charge in [-0.3, -0.25) is 9.36 Å². The van der Waals surface area contributed by atoms with Crippen LogP contribution in [0.25, 0.3) is 6.08 Å². The van der Waals surface area contributed by atoms with Crippen LogP contribution >= 0.6 is 11.3 Å². The van der Waals surface area contributed by atoms with Crippen LogP contribution in [0.1, 0.15) is 57.7 Å². The maximum Gasteiger partial charge on any atom is 0.338 e. The molecular formula is C30H34N2O5S. The number of hydrogen-bond acceptors (Lipinski definition) is 7. The number of nitrogens with zero attached hydrogens (tertiary/aromatic N) is 2. The van der Waals surface area contributed by atoms with Crippen LogP contribution in [-0.2, 0) is 9.53 Å². The van der Waals surface area contributed by atoms with Gasteiger partial charge in [0.2, 0.25) is 0 Å². The molecule has 0 bridgehead atoms. The number of fused-ring (bicyclic) bond motifs is 1. The van der Waals surface area contributed by atoms with Gasteiger partial charge in [0.1, 0.15) is 17.5 Å². The van der Waals surface area contributed by atoms with Gasteiger partial charge in [-0.15, -0.1) is 0 Å². The van der Waals surface area contributed by atoms with Crippen molar-refractivity contribution in [3.63, 3.8) is 0 Å². The summed E-state index contributed by atoms with van der Waals surface area (Å²) in [4.78, 5) is 32.5. The molecule has 0 spiro atoms. The summed E-state index contributed by atoms with van der Waals surface area (Å²) in [6, 6.07) is 14.4. The smallest absolute Gasteiger partial charge is 0.338 e. The molecule has 2 heterocycles. The third-order valence-corrected chi connectivity index (χ3v) is 7.07. The molecule has 3 aromatic rings. The summed E-state index contributed by atoms with van der Waals surface area (Å²) in [5.41, 5.74) is 2.38. The lowest BCUT2D eigenvalue weighted by Crippen LogP contribution is -2.40. The number of para-hydroxylation sites is 1. The predicted molar refractivity (Wildman–Crippen MR) is 149 cm³/mol. The molecule has 0 saturated carbocycles. The van der Waals surface area contributed by atoms with Gasteiger partial charge in [0.15, 0.2) is 4.80 Å². The van der Waals surface area contributed by atoms with Gasteiger partial charge < -0.3 is 14.2 Å². The minimum atomic E-state index is -0.711. The highest BCUT2D eigenvalue weighted by Crippen LogP contribution is 2.36. The molecule has 0 unspecified atom stereocenters. The fraction of sp³-hybridized carbons (Fsp3) is 0.367. The molecule has 1 aromatic heterocycles. The van der Waals surface area contributed by atoms with Crippen molar-refractivity contribution < 1.29 is 19.0 Å². The average Bonchev–Trinajstić information content (AvgIpc) is 3.22. The van der Waals surface area contributed by atoms with Gasteiger partial charge in [-0.05, 0) is 49.1 Å². The number of aromatic nitrogens is 1. The van der Waals surface area contributed by atoms with Crippen molar-refractivity contribution >= 4 is 23.4 Å². The van der Waals surface area contributed by atoms with E-state index in [9.17, 15) is 9.59 Å². The van der Waals surface area contributed by atoms with E-state index in [2.05, 4.69) is 13.8 Å². The number of carbonyl (C=O) groups is 1. The lowest BCUT2D eigenvalue weighted by atomic mass is 9.93. The molecule has 0 fully saturated rings. The van der Waals surface area contributed by atoms with Crippen LogP contribution in [0.15, 0.2) is 69.6 Å². The van der Waals surface area contributed by atoms with Crippen molar-refractivity contribution in [3.05, 3.63) is 90.6 Å². The number of allylic oxidation sites excluding steroid dienone is 1. The lowest BCUT2D eigenvalue weighted by Gasteiger charge is -2.26. The molecule has 0 saturated heterocycles. The number of hydrogen-bond donors (Lipinski definition) is 0. The standard InChI is InChI=1S/C30H34N2O5S/c1-6-10-23-26(29(34)36-7-2)27(22-11-8-9-12-24(22)35-5)32-28(33)25(38-30(32)31-23)17-20-13-15-21(16-14-20)37-18-19(3)4/h8-9,11-17,19,27H,6-7,10,18H2,1-5H3/b25-17+/t27-/m1/s1.